The van der Waals surface area contributed by atoms with Crippen LogP contribution in [-0.4, -0.2) is 0 Å². The third-order valence-electron chi connectivity index (χ3n) is 4.06. The molecule has 17 heavy (non-hydrogen) atoms. The Balaban J connectivity index is 2.47. The second-order valence-corrected chi connectivity index (χ2v) is 7.90. The van der Waals surface area contributed by atoms with Crippen LogP contribution in [0.2, 0.25) is 0 Å². The van der Waals surface area contributed by atoms with E-state index in [1.807, 2.05) is 0 Å². The Morgan fingerprint density at radius 2 is 1.53 bits per heavy atom. The minimum atomic E-state index is 0.330. The molecule has 1 aromatic carbocycles. The van der Waals surface area contributed by atoms with E-state index in [0.717, 1.165) is 0 Å². The molecular weight excluding hydrogens is 204 g/mol. The Bertz CT molecular complexity index is 416. The third kappa shape index (κ3) is 2.27. The maximum atomic E-state index is 2.45. The van der Waals surface area contributed by atoms with Gasteiger partial charge in [-0.1, -0.05) is 65.8 Å². The SMILES string of the molecule is CC(C)(C)CC1(C)CC(C)(C)c2ccccc21. The third-order valence-corrected chi connectivity index (χ3v) is 4.06. The first-order valence-electron chi connectivity index (χ1n) is 6.74. The largest absolute Gasteiger partial charge is 0.0620 e. The number of fused-ring (bicyclic) bond motifs is 1. The van der Waals surface area contributed by atoms with Gasteiger partial charge in [0.2, 0.25) is 0 Å². The topological polar surface area (TPSA) is 0 Å². The minimum absolute atomic E-state index is 0.330. The monoisotopic (exact) mass is 230 g/mol. The Kier molecular flexibility index (Phi) is 2.69. The molecule has 0 saturated heterocycles. The summed E-state index contributed by atoms with van der Waals surface area (Å²) in [5.41, 5.74) is 4.21. The molecule has 0 spiro atoms. The summed E-state index contributed by atoms with van der Waals surface area (Å²) in [6.07, 6.45) is 2.54. The summed E-state index contributed by atoms with van der Waals surface area (Å²) in [7, 11) is 0. The molecule has 0 N–H and O–H groups in total. The molecule has 0 fully saturated rings. The quantitative estimate of drug-likeness (QED) is 0.632. The van der Waals surface area contributed by atoms with Crippen molar-refractivity contribution in [1.29, 1.82) is 0 Å². The van der Waals surface area contributed by atoms with Gasteiger partial charge in [0.25, 0.3) is 0 Å². The van der Waals surface area contributed by atoms with Crippen molar-refractivity contribution in [3.8, 4) is 0 Å². The molecule has 0 heterocycles. The highest BCUT2D eigenvalue weighted by Crippen LogP contribution is 2.53. The first-order chi connectivity index (χ1) is 7.64. The van der Waals surface area contributed by atoms with Crippen LogP contribution < -0.4 is 0 Å². The highest BCUT2D eigenvalue weighted by atomic mass is 14.5. The van der Waals surface area contributed by atoms with Gasteiger partial charge < -0.3 is 0 Å². The van der Waals surface area contributed by atoms with E-state index < -0.39 is 0 Å². The molecule has 0 aromatic heterocycles. The van der Waals surface area contributed by atoms with Gasteiger partial charge in [-0.25, -0.2) is 0 Å². The molecule has 0 amide bonds. The molecule has 1 unspecified atom stereocenters. The van der Waals surface area contributed by atoms with Crippen LogP contribution in [0.15, 0.2) is 24.3 Å². The lowest BCUT2D eigenvalue weighted by atomic mass is 9.70. The highest BCUT2D eigenvalue weighted by Gasteiger charge is 2.45. The number of rotatable bonds is 1. The predicted octanol–water partition coefficient (Wildman–Crippen LogP) is 5.06. The van der Waals surface area contributed by atoms with Crippen LogP contribution in [-0.2, 0) is 10.8 Å². The van der Waals surface area contributed by atoms with Crippen molar-refractivity contribution in [3.05, 3.63) is 35.4 Å². The fourth-order valence-electron chi connectivity index (χ4n) is 4.09. The maximum absolute atomic E-state index is 2.45. The molecule has 2 rings (SSSR count). The smallest absolute Gasteiger partial charge is 0.00591 e. The summed E-state index contributed by atoms with van der Waals surface area (Å²) in [6, 6.07) is 9.05. The first-order valence-corrected chi connectivity index (χ1v) is 6.74. The lowest BCUT2D eigenvalue weighted by Crippen LogP contribution is -2.27. The zero-order valence-electron chi connectivity index (χ0n) is 12.2. The van der Waals surface area contributed by atoms with Gasteiger partial charge >= 0.3 is 0 Å². The normalized spacial score (nSPS) is 26.9. The van der Waals surface area contributed by atoms with Crippen molar-refractivity contribution in [3.63, 3.8) is 0 Å². The van der Waals surface area contributed by atoms with Crippen LogP contribution in [0.3, 0.4) is 0 Å². The molecule has 0 saturated carbocycles. The summed E-state index contributed by atoms with van der Waals surface area (Å²) >= 11 is 0. The fourth-order valence-corrected chi connectivity index (χ4v) is 4.09. The molecule has 94 valence electrons. The molecule has 0 nitrogen and oxygen atoms in total. The van der Waals surface area contributed by atoms with E-state index in [4.69, 9.17) is 0 Å². The average Bonchev–Trinajstić information content (AvgIpc) is 2.32. The van der Waals surface area contributed by atoms with Crippen LogP contribution in [0.1, 0.15) is 65.5 Å². The van der Waals surface area contributed by atoms with Crippen molar-refractivity contribution < 1.29 is 0 Å². The molecule has 0 aliphatic heterocycles. The van der Waals surface area contributed by atoms with Crippen molar-refractivity contribution in [2.24, 2.45) is 5.41 Å². The van der Waals surface area contributed by atoms with Gasteiger partial charge in [0, 0.05) is 0 Å². The van der Waals surface area contributed by atoms with Gasteiger partial charge in [-0.2, -0.15) is 0 Å². The average molecular weight is 230 g/mol. The first kappa shape index (κ1) is 12.7. The molecule has 1 aliphatic rings. The van der Waals surface area contributed by atoms with Crippen molar-refractivity contribution in [2.75, 3.05) is 0 Å². The van der Waals surface area contributed by atoms with E-state index in [9.17, 15) is 0 Å². The molecule has 0 heteroatoms. The van der Waals surface area contributed by atoms with Gasteiger partial charge in [-0.15, -0.1) is 0 Å². The predicted molar refractivity (Wildman–Crippen MR) is 75.5 cm³/mol. The van der Waals surface area contributed by atoms with Crippen molar-refractivity contribution in [2.45, 2.75) is 65.2 Å². The Hall–Kier alpha value is -0.780. The minimum Gasteiger partial charge on any atom is -0.0620 e. The zero-order chi connectivity index (χ0) is 12.9. The van der Waals surface area contributed by atoms with Crippen molar-refractivity contribution in [1.82, 2.24) is 0 Å². The molecule has 1 atom stereocenters. The molecule has 1 aromatic rings. The highest BCUT2D eigenvalue weighted by molar-refractivity contribution is 5.44. The number of hydrogen-bond acceptors (Lipinski definition) is 0. The van der Waals surface area contributed by atoms with Gasteiger partial charge in [0.05, 0.1) is 0 Å². The number of benzene rings is 1. The van der Waals surface area contributed by atoms with E-state index >= 15 is 0 Å². The van der Waals surface area contributed by atoms with E-state index in [1.165, 1.54) is 12.8 Å². The number of hydrogen-bond donors (Lipinski definition) is 0. The Morgan fingerprint density at radius 1 is 1.00 bits per heavy atom. The van der Waals surface area contributed by atoms with Crippen LogP contribution in [0.4, 0.5) is 0 Å². The van der Waals surface area contributed by atoms with E-state index in [1.54, 1.807) is 11.1 Å². The van der Waals surface area contributed by atoms with Crippen LogP contribution >= 0.6 is 0 Å². The second kappa shape index (κ2) is 3.60. The second-order valence-electron chi connectivity index (χ2n) is 7.90. The van der Waals surface area contributed by atoms with Crippen LogP contribution in [0.25, 0.3) is 0 Å². The molecule has 1 aliphatic carbocycles. The zero-order valence-corrected chi connectivity index (χ0v) is 12.2. The molecule has 0 bridgehead atoms. The van der Waals surface area contributed by atoms with E-state index in [-0.39, 0.29) is 0 Å². The van der Waals surface area contributed by atoms with Gasteiger partial charge in [0.1, 0.15) is 0 Å². The van der Waals surface area contributed by atoms with E-state index in [2.05, 4.69) is 65.8 Å². The summed E-state index contributed by atoms with van der Waals surface area (Å²) in [5, 5.41) is 0. The molecular formula is C17H26. The van der Waals surface area contributed by atoms with Gasteiger partial charge in [0.15, 0.2) is 0 Å². The van der Waals surface area contributed by atoms with Crippen molar-refractivity contribution >= 4 is 0 Å². The van der Waals surface area contributed by atoms with E-state index in [0.29, 0.717) is 16.2 Å². The lowest BCUT2D eigenvalue weighted by molar-refractivity contribution is 0.245. The van der Waals surface area contributed by atoms with Crippen LogP contribution in [0, 0.1) is 5.41 Å². The lowest BCUT2D eigenvalue weighted by Gasteiger charge is -2.34. The summed E-state index contributed by atoms with van der Waals surface area (Å²) in [6.45, 7) is 14.3. The maximum Gasteiger partial charge on any atom is -0.00591 e. The summed E-state index contributed by atoms with van der Waals surface area (Å²) in [4.78, 5) is 0. The molecule has 0 radical (unpaired) electrons. The van der Waals surface area contributed by atoms with Crippen LogP contribution in [0.5, 0.6) is 0 Å². The standard InChI is InChI=1S/C17H26/c1-15(2,3)11-17(6)12-16(4,5)13-9-7-8-10-14(13)17/h7-10H,11-12H2,1-6H3. The van der Waals surface area contributed by atoms with Gasteiger partial charge in [-0.05, 0) is 40.2 Å². The fraction of sp³-hybridized carbons (Fsp3) is 0.647. The summed E-state index contributed by atoms with van der Waals surface area (Å²) in [5.74, 6) is 0. The Morgan fingerprint density at radius 3 is 2.06 bits per heavy atom. The van der Waals surface area contributed by atoms with Gasteiger partial charge in [-0.3, -0.25) is 0 Å². The summed E-state index contributed by atoms with van der Waals surface area (Å²) < 4.78 is 0. The Labute approximate surface area is 106 Å².